The lowest BCUT2D eigenvalue weighted by molar-refractivity contribution is -0.137. The molecule has 0 aliphatic rings. The first-order chi connectivity index (χ1) is 18.6. The van der Waals surface area contributed by atoms with E-state index >= 15 is 0 Å². The zero-order valence-corrected chi connectivity index (χ0v) is 24.6. The normalized spacial score (nSPS) is 12.1. The lowest BCUT2D eigenvalue weighted by Crippen LogP contribution is -2.24. The van der Waals surface area contributed by atoms with Crippen LogP contribution in [0.3, 0.4) is 0 Å². The molecule has 0 fully saturated rings. The van der Waals surface area contributed by atoms with E-state index < -0.39 is 19.7 Å². The van der Waals surface area contributed by atoms with Gasteiger partial charge in [-0.05, 0) is 54.1 Å². The maximum absolute atomic E-state index is 13.8. The molecule has 1 aromatic heterocycles. The minimum Gasteiger partial charge on any atom is -0.379 e. The highest BCUT2D eigenvalue weighted by atomic mass is 31.1. The van der Waals surface area contributed by atoms with Gasteiger partial charge in [-0.25, -0.2) is 0 Å². The van der Waals surface area contributed by atoms with Crippen LogP contribution in [0, 0.1) is 0 Å². The van der Waals surface area contributed by atoms with E-state index in [2.05, 4.69) is 39.1 Å². The summed E-state index contributed by atoms with van der Waals surface area (Å²) in [6, 6.07) is 30.1. The van der Waals surface area contributed by atoms with Crippen LogP contribution in [0.2, 0.25) is 0 Å². The van der Waals surface area contributed by atoms with Crippen molar-refractivity contribution in [2.24, 2.45) is 0 Å². The zero-order valence-electron chi connectivity index (χ0n) is 22.8. The van der Waals surface area contributed by atoms with Crippen molar-refractivity contribution in [3.05, 3.63) is 114 Å². The maximum Gasteiger partial charge on any atom is 0.416 e. The maximum atomic E-state index is 13.8. The smallest absolute Gasteiger partial charge is 0.379 e. The fourth-order valence-electron chi connectivity index (χ4n) is 4.68. The van der Waals surface area contributed by atoms with E-state index in [-0.39, 0.29) is 7.92 Å². The monoisotopic (exact) mass is 566 g/mol. The fraction of sp³-hybridized carbons (Fsp3) is 0.281. The van der Waals surface area contributed by atoms with Gasteiger partial charge in [0.25, 0.3) is 0 Å². The Morgan fingerprint density at radius 3 is 1.82 bits per heavy atom. The highest BCUT2D eigenvalue weighted by Gasteiger charge is 2.32. The SMILES string of the molecule is CC(C)P(Cc1cccc(CNc2cc(C(F)(F)F)ccc2P(c2ccccc2)c2ccccc2)n1)C(C)C. The number of pyridine rings is 1. The second kappa shape index (κ2) is 13.1. The number of benzene rings is 3. The van der Waals surface area contributed by atoms with Crippen LogP contribution in [0.4, 0.5) is 18.9 Å². The van der Waals surface area contributed by atoms with Gasteiger partial charge in [0.2, 0.25) is 0 Å². The minimum atomic E-state index is -4.43. The molecule has 0 saturated carbocycles. The standard InChI is InChI=1S/C32H35F3N2P2/c1-23(2)38(24(3)4)22-27-13-11-12-26(37-27)21-36-30-20-25(32(33,34)35)18-19-31(30)39(28-14-7-5-8-15-28)29-16-9-6-10-17-29/h5-20,23-24,36H,21-22H2,1-4H3. The van der Waals surface area contributed by atoms with Crippen LogP contribution in [0.5, 0.6) is 0 Å². The summed E-state index contributed by atoms with van der Waals surface area (Å²) in [7, 11) is -1.28. The van der Waals surface area contributed by atoms with Crippen LogP contribution >= 0.6 is 15.8 Å². The van der Waals surface area contributed by atoms with Gasteiger partial charge in [-0.15, -0.1) is 0 Å². The molecular weight excluding hydrogens is 531 g/mol. The van der Waals surface area contributed by atoms with Gasteiger partial charge >= 0.3 is 6.18 Å². The number of hydrogen-bond acceptors (Lipinski definition) is 2. The molecule has 39 heavy (non-hydrogen) atoms. The van der Waals surface area contributed by atoms with Gasteiger partial charge in [0.05, 0.1) is 17.8 Å². The van der Waals surface area contributed by atoms with Crippen LogP contribution in [0.1, 0.15) is 44.6 Å². The molecule has 0 bridgehead atoms. The lowest BCUT2D eigenvalue weighted by Gasteiger charge is -2.25. The average molecular weight is 567 g/mol. The number of alkyl halides is 3. The molecule has 204 valence electrons. The molecule has 1 heterocycles. The van der Waals surface area contributed by atoms with E-state index in [9.17, 15) is 13.2 Å². The Kier molecular flexibility index (Phi) is 9.81. The van der Waals surface area contributed by atoms with Gasteiger partial charge in [0, 0.05) is 22.8 Å². The zero-order chi connectivity index (χ0) is 28.0. The first-order valence-corrected chi connectivity index (χ1v) is 16.2. The van der Waals surface area contributed by atoms with E-state index in [0.29, 0.717) is 23.6 Å². The first-order valence-electron chi connectivity index (χ1n) is 13.2. The molecule has 0 atom stereocenters. The van der Waals surface area contributed by atoms with Gasteiger partial charge in [0.1, 0.15) is 0 Å². The molecule has 0 aliphatic carbocycles. The van der Waals surface area contributed by atoms with Crippen molar-refractivity contribution < 1.29 is 13.2 Å². The summed E-state index contributed by atoms with van der Waals surface area (Å²) in [5.74, 6) is 0. The number of anilines is 1. The van der Waals surface area contributed by atoms with E-state index in [4.69, 9.17) is 4.98 Å². The Bertz CT molecular complexity index is 1300. The average Bonchev–Trinajstić information content (AvgIpc) is 2.92. The van der Waals surface area contributed by atoms with Gasteiger partial charge in [-0.1, -0.05) is 108 Å². The summed E-state index contributed by atoms with van der Waals surface area (Å²) in [6.07, 6.45) is -3.49. The van der Waals surface area contributed by atoms with Crippen LogP contribution in [-0.2, 0) is 18.9 Å². The van der Waals surface area contributed by atoms with E-state index in [1.807, 2.05) is 72.8 Å². The van der Waals surface area contributed by atoms with E-state index in [1.165, 1.54) is 12.1 Å². The van der Waals surface area contributed by atoms with Gasteiger partial charge in [0.15, 0.2) is 0 Å². The molecule has 0 spiro atoms. The summed E-state index contributed by atoms with van der Waals surface area (Å²) in [4.78, 5) is 4.89. The number of halogens is 3. The summed E-state index contributed by atoms with van der Waals surface area (Å²) in [6.45, 7) is 9.41. The fourth-order valence-corrected chi connectivity index (χ4v) is 9.56. The molecule has 0 amide bonds. The third-order valence-electron chi connectivity index (χ3n) is 6.59. The number of nitrogens with zero attached hydrogens (tertiary/aromatic N) is 1. The molecule has 0 aliphatic heterocycles. The molecular formula is C32H35F3N2P2. The number of rotatable bonds is 10. The van der Waals surface area contributed by atoms with Crippen molar-refractivity contribution in [2.75, 3.05) is 5.32 Å². The molecule has 0 radical (unpaired) electrons. The van der Waals surface area contributed by atoms with Crippen molar-refractivity contribution in [1.82, 2.24) is 4.98 Å². The van der Waals surface area contributed by atoms with Crippen molar-refractivity contribution in [3.8, 4) is 0 Å². The Morgan fingerprint density at radius 2 is 1.28 bits per heavy atom. The molecule has 3 aromatic carbocycles. The predicted octanol–water partition coefficient (Wildman–Crippen LogP) is 8.27. The van der Waals surface area contributed by atoms with Crippen molar-refractivity contribution in [3.63, 3.8) is 0 Å². The van der Waals surface area contributed by atoms with Crippen molar-refractivity contribution in [1.29, 1.82) is 0 Å². The minimum absolute atomic E-state index is 0.209. The van der Waals surface area contributed by atoms with Gasteiger partial charge < -0.3 is 5.32 Å². The van der Waals surface area contributed by atoms with E-state index in [0.717, 1.165) is 33.5 Å². The second-order valence-electron chi connectivity index (χ2n) is 10.1. The van der Waals surface area contributed by atoms with E-state index in [1.54, 1.807) is 6.07 Å². The molecule has 0 unspecified atom stereocenters. The summed E-state index contributed by atoms with van der Waals surface area (Å²) >= 11 is 0. The molecule has 1 N–H and O–H groups in total. The Hall–Kier alpha value is -2.74. The Morgan fingerprint density at radius 1 is 0.718 bits per heavy atom. The van der Waals surface area contributed by atoms with Crippen LogP contribution in [0.15, 0.2) is 97.1 Å². The topological polar surface area (TPSA) is 24.9 Å². The number of aromatic nitrogens is 1. The van der Waals surface area contributed by atoms with Gasteiger partial charge in [-0.3, -0.25) is 4.98 Å². The number of hydrogen-bond donors (Lipinski definition) is 1. The first kappa shape index (κ1) is 29.2. The highest BCUT2D eigenvalue weighted by Crippen LogP contribution is 2.48. The Labute approximate surface area is 232 Å². The molecule has 4 rings (SSSR count). The largest absolute Gasteiger partial charge is 0.416 e. The van der Waals surface area contributed by atoms with Crippen LogP contribution in [-0.4, -0.2) is 16.3 Å². The van der Waals surface area contributed by atoms with Crippen LogP contribution < -0.4 is 21.2 Å². The molecule has 0 saturated heterocycles. The molecule has 7 heteroatoms. The molecule has 4 aromatic rings. The molecule has 2 nitrogen and oxygen atoms in total. The summed E-state index contributed by atoms with van der Waals surface area (Å²) < 4.78 is 41.3. The van der Waals surface area contributed by atoms with Crippen molar-refractivity contribution >= 4 is 37.4 Å². The predicted molar refractivity (Wildman–Crippen MR) is 163 cm³/mol. The summed E-state index contributed by atoms with van der Waals surface area (Å²) in [5, 5.41) is 6.37. The second-order valence-corrected chi connectivity index (χ2v) is 15.7. The highest BCUT2D eigenvalue weighted by molar-refractivity contribution is 7.80. The van der Waals surface area contributed by atoms with Crippen LogP contribution in [0.25, 0.3) is 0 Å². The van der Waals surface area contributed by atoms with Crippen molar-refractivity contribution in [2.45, 2.75) is 57.9 Å². The quantitative estimate of drug-likeness (QED) is 0.196. The lowest BCUT2D eigenvalue weighted by atomic mass is 10.2. The third kappa shape index (κ3) is 7.68. The number of nitrogens with one attached hydrogen (secondary N) is 1. The third-order valence-corrected chi connectivity index (χ3v) is 12.4. The Balaban J connectivity index is 1.70. The van der Waals surface area contributed by atoms with Gasteiger partial charge in [-0.2, -0.15) is 13.2 Å². The summed E-state index contributed by atoms with van der Waals surface area (Å²) in [5.41, 5.74) is 2.90.